The average Bonchev–Trinajstić information content (AvgIpc) is 3.16. The van der Waals surface area contributed by atoms with Gasteiger partial charge in [-0.25, -0.2) is 0 Å². The van der Waals surface area contributed by atoms with Crippen LogP contribution in [0.4, 0.5) is 0 Å². The molecule has 6 rings (SSSR count). The van der Waals surface area contributed by atoms with Gasteiger partial charge in [-0.2, -0.15) is 0 Å². The number of carbonyl (C=O) groups excluding carboxylic acids is 1. The van der Waals surface area contributed by atoms with E-state index >= 15 is 0 Å². The topological polar surface area (TPSA) is 32.3 Å². The average molecular weight is 367 g/mol. The van der Waals surface area contributed by atoms with Gasteiger partial charge in [0.15, 0.2) is 0 Å². The molecular weight excluding hydrogens is 332 g/mol. The molecule has 1 N–H and O–H groups in total. The molecule has 0 unspecified atom stereocenters. The van der Waals surface area contributed by atoms with Crippen LogP contribution >= 0.6 is 0 Å². The highest BCUT2D eigenvalue weighted by Gasteiger charge is 2.54. The smallest absolute Gasteiger partial charge is 0.226 e. The molecule has 1 aromatic carbocycles. The fraction of sp³-hybridized carbons (Fsp3) is 0.708. The second-order valence-electron chi connectivity index (χ2n) is 10.1. The fourth-order valence-electron chi connectivity index (χ4n) is 7.07. The molecule has 0 radical (unpaired) electrons. The number of hydrogen-bond donors (Lipinski definition) is 1. The van der Waals surface area contributed by atoms with Gasteiger partial charge in [0.25, 0.3) is 0 Å². The number of aryl methyl sites for hydroxylation is 1. The molecule has 3 heteroatoms. The van der Waals surface area contributed by atoms with Crippen molar-refractivity contribution in [3.63, 3.8) is 0 Å². The molecule has 0 spiro atoms. The van der Waals surface area contributed by atoms with E-state index in [0.717, 1.165) is 56.7 Å². The maximum atomic E-state index is 13.4. The minimum absolute atomic E-state index is 0.0302. The van der Waals surface area contributed by atoms with Crippen LogP contribution in [0.25, 0.3) is 0 Å². The van der Waals surface area contributed by atoms with E-state index in [-0.39, 0.29) is 5.41 Å². The summed E-state index contributed by atoms with van der Waals surface area (Å²) in [6.07, 6.45) is 10.2. The van der Waals surface area contributed by atoms with Crippen LogP contribution in [0.15, 0.2) is 24.3 Å². The molecule has 3 nitrogen and oxygen atoms in total. The van der Waals surface area contributed by atoms with E-state index in [9.17, 15) is 4.79 Å². The zero-order chi connectivity index (χ0) is 18.4. The van der Waals surface area contributed by atoms with Crippen LogP contribution < -0.4 is 5.32 Å². The summed E-state index contributed by atoms with van der Waals surface area (Å²) in [6, 6.07) is 9.26. The van der Waals surface area contributed by atoms with Crippen LogP contribution in [0.1, 0.15) is 68.5 Å². The van der Waals surface area contributed by atoms with Crippen LogP contribution in [0.5, 0.6) is 0 Å². The molecule has 1 heterocycles. The lowest BCUT2D eigenvalue weighted by molar-refractivity contribution is -0.146. The van der Waals surface area contributed by atoms with Gasteiger partial charge in [-0.05, 0) is 94.7 Å². The van der Waals surface area contributed by atoms with Gasteiger partial charge >= 0.3 is 0 Å². The van der Waals surface area contributed by atoms with E-state index in [4.69, 9.17) is 0 Å². The van der Waals surface area contributed by atoms with Crippen molar-refractivity contribution >= 4 is 5.91 Å². The molecular formula is C24H34N2O. The minimum atomic E-state index is -0.0302. The summed E-state index contributed by atoms with van der Waals surface area (Å²) in [5.41, 5.74) is 2.63. The Morgan fingerprint density at radius 1 is 1.04 bits per heavy atom. The molecule has 1 atom stereocenters. The fourth-order valence-corrected chi connectivity index (χ4v) is 7.07. The van der Waals surface area contributed by atoms with Crippen molar-refractivity contribution in [2.45, 2.75) is 64.3 Å². The Morgan fingerprint density at radius 2 is 1.59 bits per heavy atom. The third-order valence-electron chi connectivity index (χ3n) is 8.02. The second kappa shape index (κ2) is 6.92. The first kappa shape index (κ1) is 17.7. The third kappa shape index (κ3) is 3.33. The van der Waals surface area contributed by atoms with Crippen molar-refractivity contribution in [1.82, 2.24) is 10.2 Å². The highest BCUT2D eigenvalue weighted by Crippen LogP contribution is 2.60. The normalized spacial score (nSPS) is 36.1. The van der Waals surface area contributed by atoms with E-state index in [0.29, 0.717) is 11.9 Å². The summed E-state index contributed by atoms with van der Waals surface area (Å²) >= 11 is 0. The quantitative estimate of drug-likeness (QED) is 0.834. The molecule has 1 saturated heterocycles. The van der Waals surface area contributed by atoms with Crippen molar-refractivity contribution in [3.8, 4) is 0 Å². The first-order valence-corrected chi connectivity index (χ1v) is 11.2. The largest absolute Gasteiger partial charge is 0.354 e. The van der Waals surface area contributed by atoms with Crippen molar-refractivity contribution in [3.05, 3.63) is 35.4 Å². The molecule has 4 bridgehead atoms. The van der Waals surface area contributed by atoms with Gasteiger partial charge in [0.05, 0.1) is 6.04 Å². The van der Waals surface area contributed by atoms with Gasteiger partial charge in [0.2, 0.25) is 5.91 Å². The zero-order valence-corrected chi connectivity index (χ0v) is 16.8. The molecule has 1 aliphatic heterocycles. The minimum Gasteiger partial charge on any atom is -0.354 e. The zero-order valence-electron chi connectivity index (χ0n) is 16.8. The first-order chi connectivity index (χ1) is 13.1. The Balaban J connectivity index is 1.30. The van der Waals surface area contributed by atoms with Crippen molar-refractivity contribution in [1.29, 1.82) is 0 Å². The number of carbonyl (C=O) groups is 1. The summed E-state index contributed by atoms with van der Waals surface area (Å²) in [7, 11) is 0. The standard InChI is InChI=1S/C24H34N2O/c1-17-4-6-21(7-5-17)22(26-8-2-3-9-26)16-25-23(27)24-13-18-10-19(14-24)12-20(11-18)15-24/h4-7,18-20,22H,2-3,8-16H2,1H3,(H,25,27)/t18?,19?,20?,22-,24?/m1/s1. The summed E-state index contributed by atoms with van der Waals surface area (Å²) in [5, 5.41) is 3.45. The lowest BCUT2D eigenvalue weighted by atomic mass is 9.49. The maximum absolute atomic E-state index is 13.4. The van der Waals surface area contributed by atoms with Crippen LogP contribution in [0.2, 0.25) is 0 Å². The molecule has 146 valence electrons. The van der Waals surface area contributed by atoms with Gasteiger partial charge < -0.3 is 5.32 Å². The first-order valence-electron chi connectivity index (χ1n) is 11.2. The van der Waals surface area contributed by atoms with Crippen LogP contribution in [-0.2, 0) is 4.79 Å². The SMILES string of the molecule is Cc1ccc([C@@H](CNC(=O)C23CC4CC(CC(C4)C2)C3)N2CCCC2)cc1. The number of likely N-dealkylation sites (tertiary alicyclic amines) is 1. The Morgan fingerprint density at radius 3 is 2.15 bits per heavy atom. The summed E-state index contributed by atoms with van der Waals surface area (Å²) in [4.78, 5) is 15.9. The van der Waals surface area contributed by atoms with E-state index < -0.39 is 0 Å². The summed E-state index contributed by atoms with van der Waals surface area (Å²) in [6.45, 7) is 5.23. The monoisotopic (exact) mass is 366 g/mol. The molecule has 1 aromatic rings. The van der Waals surface area contributed by atoms with Crippen LogP contribution in [-0.4, -0.2) is 30.4 Å². The predicted molar refractivity (Wildman–Crippen MR) is 108 cm³/mol. The Hall–Kier alpha value is -1.35. The summed E-state index contributed by atoms with van der Waals surface area (Å²) in [5.74, 6) is 2.85. The molecule has 4 aliphatic carbocycles. The Labute approximate surface area is 163 Å². The highest BCUT2D eigenvalue weighted by molar-refractivity contribution is 5.83. The van der Waals surface area contributed by atoms with E-state index in [1.165, 1.54) is 43.2 Å². The molecule has 4 saturated carbocycles. The Kier molecular flexibility index (Phi) is 4.54. The summed E-state index contributed by atoms with van der Waals surface area (Å²) < 4.78 is 0. The number of rotatable bonds is 5. The number of amides is 1. The third-order valence-corrected chi connectivity index (χ3v) is 8.02. The molecule has 5 fully saturated rings. The van der Waals surface area contributed by atoms with Gasteiger partial charge in [0, 0.05) is 12.0 Å². The lowest BCUT2D eigenvalue weighted by Gasteiger charge is -2.55. The van der Waals surface area contributed by atoms with Gasteiger partial charge in [0.1, 0.15) is 0 Å². The molecule has 27 heavy (non-hydrogen) atoms. The van der Waals surface area contributed by atoms with Crippen molar-refractivity contribution < 1.29 is 4.79 Å². The molecule has 0 aromatic heterocycles. The number of benzene rings is 1. The van der Waals surface area contributed by atoms with E-state index in [1.54, 1.807) is 0 Å². The highest BCUT2D eigenvalue weighted by atomic mass is 16.2. The Bertz CT molecular complexity index is 654. The maximum Gasteiger partial charge on any atom is 0.226 e. The van der Waals surface area contributed by atoms with E-state index in [2.05, 4.69) is 41.4 Å². The van der Waals surface area contributed by atoms with Crippen LogP contribution in [0.3, 0.4) is 0 Å². The predicted octanol–water partition coefficient (Wildman–Crippen LogP) is 4.46. The number of nitrogens with one attached hydrogen (secondary N) is 1. The van der Waals surface area contributed by atoms with Gasteiger partial charge in [-0.1, -0.05) is 29.8 Å². The van der Waals surface area contributed by atoms with Crippen molar-refractivity contribution in [2.75, 3.05) is 19.6 Å². The molecule has 5 aliphatic rings. The molecule has 1 amide bonds. The number of hydrogen-bond acceptors (Lipinski definition) is 2. The lowest BCUT2D eigenvalue weighted by Crippen LogP contribution is -2.54. The van der Waals surface area contributed by atoms with Crippen LogP contribution in [0, 0.1) is 30.1 Å². The van der Waals surface area contributed by atoms with E-state index in [1.807, 2.05) is 0 Å². The van der Waals surface area contributed by atoms with Gasteiger partial charge in [-0.15, -0.1) is 0 Å². The van der Waals surface area contributed by atoms with Crippen molar-refractivity contribution in [2.24, 2.45) is 23.2 Å². The number of nitrogens with zero attached hydrogens (tertiary/aromatic N) is 1. The second-order valence-corrected chi connectivity index (χ2v) is 10.1. The van der Waals surface area contributed by atoms with Gasteiger partial charge in [-0.3, -0.25) is 9.69 Å².